The van der Waals surface area contributed by atoms with E-state index in [1.165, 1.54) is 6.92 Å². The number of nitrogens with one attached hydrogen (secondary N) is 2. The summed E-state index contributed by atoms with van der Waals surface area (Å²) < 4.78 is 25.3. The highest BCUT2D eigenvalue weighted by Gasteiger charge is 2.29. The molecule has 1 amide bonds. The first-order valence-corrected chi connectivity index (χ1v) is 7.16. The summed E-state index contributed by atoms with van der Waals surface area (Å²) in [7, 11) is -4.21. The van der Waals surface area contributed by atoms with Gasteiger partial charge in [0, 0.05) is 5.69 Å². The molecule has 0 radical (unpaired) electrons. The van der Waals surface area contributed by atoms with Gasteiger partial charge in [0.1, 0.15) is 6.04 Å². The molecule has 11 heteroatoms. The monoisotopic (exact) mass is 309 g/mol. The number of carbonyl (C=O) groups is 2. The van der Waals surface area contributed by atoms with E-state index in [0.29, 0.717) is 11.3 Å². The Kier molecular flexibility index (Phi) is 4.44. The first-order valence-electron chi connectivity index (χ1n) is 4.86. The van der Waals surface area contributed by atoms with Crippen LogP contribution < -0.4 is 15.3 Å². The van der Waals surface area contributed by atoms with Gasteiger partial charge in [-0.05, 0) is 6.92 Å². The van der Waals surface area contributed by atoms with Gasteiger partial charge in [-0.1, -0.05) is 11.3 Å². The third-order valence-electron chi connectivity index (χ3n) is 2.03. The van der Waals surface area contributed by atoms with Gasteiger partial charge in [0.25, 0.3) is 10.0 Å². The van der Waals surface area contributed by atoms with Gasteiger partial charge >= 0.3 is 10.8 Å². The number of amides is 1. The highest BCUT2D eigenvalue weighted by molar-refractivity contribution is 7.91. The molecule has 0 aliphatic rings. The van der Waals surface area contributed by atoms with Crippen LogP contribution in [0.4, 0.5) is 0 Å². The summed E-state index contributed by atoms with van der Waals surface area (Å²) in [6.45, 7) is 1.36. The van der Waals surface area contributed by atoms with E-state index in [0.717, 1.165) is 0 Å². The van der Waals surface area contributed by atoms with Crippen molar-refractivity contribution in [3.8, 4) is 0 Å². The molecule has 0 unspecified atom stereocenters. The summed E-state index contributed by atoms with van der Waals surface area (Å²) >= 11 is 0.423. The second-order valence-corrected chi connectivity index (χ2v) is 6.50. The molecule has 0 aromatic carbocycles. The molecule has 0 spiro atoms. The Morgan fingerprint density at radius 3 is 2.47 bits per heavy atom. The summed E-state index contributed by atoms with van der Waals surface area (Å²) in [6.07, 6.45) is -0.688. The van der Waals surface area contributed by atoms with E-state index in [9.17, 15) is 22.8 Å². The Hall–Kier alpha value is -1.72. The number of H-pyrrole nitrogens is 1. The summed E-state index contributed by atoms with van der Waals surface area (Å²) in [6, 6.07) is -1.68. The maximum Gasteiger partial charge on any atom is 0.322 e. The van der Waals surface area contributed by atoms with Crippen LogP contribution in [0.1, 0.15) is 12.1 Å². The minimum Gasteiger partial charge on any atom is -0.480 e. The molecule has 9 nitrogen and oxygen atoms in total. The lowest BCUT2D eigenvalue weighted by molar-refractivity contribution is -0.140. The number of carbonyl (C=O) groups excluding carboxylic acids is 1. The lowest BCUT2D eigenvalue weighted by atomic mass is 10.2. The van der Waals surface area contributed by atoms with Crippen molar-refractivity contribution in [3.05, 3.63) is 15.4 Å². The largest absolute Gasteiger partial charge is 0.480 e. The topological polar surface area (TPSA) is 159 Å². The molecule has 0 bridgehead atoms. The van der Waals surface area contributed by atoms with Crippen molar-refractivity contribution in [2.24, 2.45) is 5.73 Å². The van der Waals surface area contributed by atoms with E-state index in [1.54, 1.807) is 0 Å². The number of aryl methyl sites for hydroxylation is 1. The zero-order valence-electron chi connectivity index (χ0n) is 9.67. The minimum atomic E-state index is -4.21. The summed E-state index contributed by atoms with van der Waals surface area (Å²) in [5.41, 5.74) is 4.92. The molecule has 1 aromatic heterocycles. The SMILES string of the molecule is Cc1[nH]c(=O)sc1S(=O)(=O)N[C@@H](CC(N)=O)C(=O)O. The van der Waals surface area contributed by atoms with Crippen LogP contribution >= 0.6 is 11.3 Å². The molecular weight excluding hydrogens is 298 g/mol. The Morgan fingerprint density at radius 1 is 1.53 bits per heavy atom. The van der Waals surface area contributed by atoms with E-state index >= 15 is 0 Å². The Balaban J connectivity index is 3.07. The lowest BCUT2D eigenvalue weighted by Gasteiger charge is -2.12. The lowest BCUT2D eigenvalue weighted by Crippen LogP contribution is -2.43. The Bertz CT molecular complexity index is 658. The number of aliphatic carboxylic acids is 1. The van der Waals surface area contributed by atoms with E-state index in [4.69, 9.17) is 10.8 Å². The number of hydrogen-bond donors (Lipinski definition) is 4. The summed E-state index contributed by atoms with van der Waals surface area (Å²) in [5.74, 6) is -2.50. The third kappa shape index (κ3) is 3.87. The van der Waals surface area contributed by atoms with Crippen molar-refractivity contribution in [2.75, 3.05) is 0 Å². The molecule has 0 saturated carbocycles. The first kappa shape index (κ1) is 15.3. The Morgan fingerprint density at radius 2 is 2.11 bits per heavy atom. The molecule has 0 fully saturated rings. The molecular formula is C8H11N3O6S2. The van der Waals surface area contributed by atoms with Crippen molar-refractivity contribution in [1.29, 1.82) is 0 Å². The number of aromatic amines is 1. The highest BCUT2D eigenvalue weighted by Crippen LogP contribution is 2.16. The third-order valence-corrected chi connectivity index (χ3v) is 5.10. The number of nitrogens with two attached hydrogens (primary N) is 1. The van der Waals surface area contributed by atoms with Crippen LogP contribution in [-0.4, -0.2) is 36.4 Å². The summed E-state index contributed by atoms with van der Waals surface area (Å²) in [4.78, 5) is 34.2. The number of thiazole rings is 1. The maximum atomic E-state index is 11.9. The molecule has 5 N–H and O–H groups in total. The predicted octanol–water partition coefficient (Wildman–Crippen LogP) is -1.65. The predicted molar refractivity (Wildman–Crippen MR) is 65.2 cm³/mol. The summed E-state index contributed by atoms with van der Waals surface area (Å²) in [5, 5.41) is 8.81. The van der Waals surface area contributed by atoms with E-state index in [1.807, 2.05) is 4.72 Å². The van der Waals surface area contributed by atoms with Gasteiger partial charge < -0.3 is 15.8 Å². The normalized spacial score (nSPS) is 13.1. The second-order valence-electron chi connectivity index (χ2n) is 3.61. The van der Waals surface area contributed by atoms with Gasteiger partial charge in [0.05, 0.1) is 6.42 Å². The smallest absolute Gasteiger partial charge is 0.322 e. The second kappa shape index (κ2) is 5.50. The number of aromatic nitrogens is 1. The number of carboxylic acid groups (broad SMARTS) is 1. The molecule has 1 heterocycles. The Labute approximate surface area is 111 Å². The van der Waals surface area contributed by atoms with Crippen molar-refractivity contribution in [3.63, 3.8) is 0 Å². The van der Waals surface area contributed by atoms with Crippen molar-refractivity contribution >= 4 is 33.2 Å². The number of rotatable bonds is 6. The van der Waals surface area contributed by atoms with Crippen LogP contribution in [0.25, 0.3) is 0 Å². The van der Waals surface area contributed by atoms with Crippen LogP contribution in [0, 0.1) is 6.92 Å². The van der Waals surface area contributed by atoms with Gasteiger partial charge in [-0.15, -0.1) is 0 Å². The minimum absolute atomic E-state index is 0.0886. The fourth-order valence-electron chi connectivity index (χ4n) is 1.27. The van der Waals surface area contributed by atoms with Crippen LogP contribution in [0.5, 0.6) is 0 Å². The van der Waals surface area contributed by atoms with Crippen molar-refractivity contribution in [1.82, 2.24) is 9.71 Å². The average molecular weight is 309 g/mol. The molecule has 0 aliphatic carbocycles. The zero-order valence-corrected chi connectivity index (χ0v) is 11.3. The van der Waals surface area contributed by atoms with Gasteiger partial charge in [-0.2, -0.15) is 4.72 Å². The van der Waals surface area contributed by atoms with Crippen LogP contribution in [-0.2, 0) is 19.6 Å². The highest BCUT2D eigenvalue weighted by atomic mass is 32.2. The number of hydrogen-bond acceptors (Lipinski definition) is 6. The van der Waals surface area contributed by atoms with Crippen molar-refractivity contribution < 1.29 is 23.1 Å². The van der Waals surface area contributed by atoms with Crippen LogP contribution in [0.3, 0.4) is 0 Å². The standard InChI is InChI=1S/C8H11N3O6S2/c1-3-7(18-8(15)10-3)19(16,17)11-4(6(13)14)2-5(9)12/h4,11H,2H2,1H3,(H2,9,12)(H,10,15)(H,13,14)/t4-/m0/s1. The van der Waals surface area contributed by atoms with Gasteiger partial charge in [-0.25, -0.2) is 8.42 Å². The van der Waals surface area contributed by atoms with E-state index in [2.05, 4.69) is 4.98 Å². The van der Waals surface area contributed by atoms with E-state index in [-0.39, 0.29) is 9.90 Å². The number of carboxylic acids is 1. The van der Waals surface area contributed by atoms with Crippen molar-refractivity contribution in [2.45, 2.75) is 23.6 Å². The maximum absolute atomic E-state index is 11.9. The molecule has 0 saturated heterocycles. The first-order chi connectivity index (χ1) is 8.63. The fourth-order valence-corrected chi connectivity index (χ4v) is 3.77. The molecule has 1 aromatic rings. The molecule has 19 heavy (non-hydrogen) atoms. The van der Waals surface area contributed by atoms with Gasteiger partial charge in [0.15, 0.2) is 4.21 Å². The van der Waals surface area contributed by atoms with Gasteiger partial charge in [0.2, 0.25) is 5.91 Å². The molecule has 0 aliphatic heterocycles. The quantitative estimate of drug-likeness (QED) is 0.492. The fraction of sp³-hybridized carbons (Fsp3) is 0.375. The number of primary amides is 1. The van der Waals surface area contributed by atoms with Crippen LogP contribution in [0.15, 0.2) is 9.00 Å². The zero-order chi connectivity index (χ0) is 14.8. The average Bonchev–Trinajstić information content (AvgIpc) is 2.56. The molecule has 1 rings (SSSR count). The number of sulfonamides is 1. The van der Waals surface area contributed by atoms with Gasteiger partial charge in [-0.3, -0.25) is 14.4 Å². The molecule has 1 atom stereocenters. The van der Waals surface area contributed by atoms with Crippen LogP contribution in [0.2, 0.25) is 0 Å². The molecule has 106 valence electrons. The van der Waals surface area contributed by atoms with E-state index < -0.39 is 39.2 Å².